The van der Waals surface area contributed by atoms with E-state index in [0.717, 1.165) is 17.9 Å². The molecule has 0 heterocycles. The largest absolute Gasteiger partial charge is 0.314 e. The number of nitrogens with one attached hydrogen (secondary N) is 1. The molecule has 0 radical (unpaired) electrons. The Hall–Kier alpha value is -0.340. The Morgan fingerprint density at radius 3 is 2.71 bits per heavy atom. The Labute approximate surface area is 138 Å². The van der Waals surface area contributed by atoms with Crippen LogP contribution in [0.25, 0.3) is 0 Å². The van der Waals surface area contributed by atoms with Gasteiger partial charge in [0.2, 0.25) is 0 Å². The van der Waals surface area contributed by atoms with Crippen molar-refractivity contribution in [3.05, 3.63) is 34.3 Å². The zero-order valence-corrected chi connectivity index (χ0v) is 15.0. The zero-order valence-electron chi connectivity index (χ0n) is 13.4. The maximum Gasteiger partial charge on any atom is 0.0177 e. The molecule has 2 unspecified atom stereocenters. The summed E-state index contributed by atoms with van der Waals surface area (Å²) in [5.41, 5.74) is 2.01. The third-order valence-corrected chi connectivity index (χ3v) is 5.80. The lowest BCUT2D eigenvalue weighted by atomic mass is 9.65. The first kappa shape index (κ1) is 15.6. The van der Waals surface area contributed by atoms with Crippen LogP contribution in [0.5, 0.6) is 0 Å². The first-order valence-corrected chi connectivity index (χ1v) is 9.29. The van der Waals surface area contributed by atoms with Gasteiger partial charge in [0.05, 0.1) is 0 Å². The zero-order chi connectivity index (χ0) is 14.9. The van der Waals surface area contributed by atoms with Crippen LogP contribution in [0, 0.1) is 17.3 Å². The van der Waals surface area contributed by atoms with Crippen molar-refractivity contribution in [2.45, 2.75) is 58.4 Å². The molecule has 116 valence electrons. The molecule has 1 aromatic rings. The van der Waals surface area contributed by atoms with Crippen molar-refractivity contribution < 1.29 is 0 Å². The minimum absolute atomic E-state index is 0.521. The summed E-state index contributed by atoms with van der Waals surface area (Å²) in [5, 5.41) is 3.77. The van der Waals surface area contributed by atoms with Crippen molar-refractivity contribution in [2.24, 2.45) is 17.3 Å². The van der Waals surface area contributed by atoms with E-state index in [1.807, 2.05) is 0 Å². The van der Waals surface area contributed by atoms with E-state index in [1.165, 1.54) is 55.1 Å². The second-order valence-electron chi connectivity index (χ2n) is 7.94. The Morgan fingerprint density at radius 1 is 1.19 bits per heavy atom. The van der Waals surface area contributed by atoms with Gasteiger partial charge in [-0.3, -0.25) is 0 Å². The van der Waals surface area contributed by atoms with Crippen molar-refractivity contribution in [2.75, 3.05) is 6.54 Å². The summed E-state index contributed by atoms with van der Waals surface area (Å²) in [7, 11) is 0. The van der Waals surface area contributed by atoms with E-state index in [1.54, 1.807) is 0 Å². The van der Waals surface area contributed by atoms with E-state index < -0.39 is 0 Å². The molecule has 2 fully saturated rings. The van der Waals surface area contributed by atoms with Crippen molar-refractivity contribution in [1.82, 2.24) is 5.32 Å². The highest BCUT2D eigenvalue weighted by molar-refractivity contribution is 9.10. The SMILES string of the molecule is CC1(C)CCC(CNC2CC2)C(Cc2cccc(Br)c2)C1. The summed E-state index contributed by atoms with van der Waals surface area (Å²) >= 11 is 3.61. The average Bonchev–Trinajstić information content (AvgIpc) is 3.21. The van der Waals surface area contributed by atoms with Gasteiger partial charge in [0, 0.05) is 10.5 Å². The monoisotopic (exact) mass is 349 g/mol. The van der Waals surface area contributed by atoms with Gasteiger partial charge in [0.1, 0.15) is 0 Å². The van der Waals surface area contributed by atoms with Crippen LogP contribution >= 0.6 is 15.9 Å². The Morgan fingerprint density at radius 2 is 2.00 bits per heavy atom. The van der Waals surface area contributed by atoms with E-state index in [0.29, 0.717) is 5.41 Å². The lowest BCUT2D eigenvalue weighted by Gasteiger charge is -2.41. The molecule has 2 saturated carbocycles. The third kappa shape index (κ3) is 4.56. The summed E-state index contributed by atoms with van der Waals surface area (Å²) in [6.07, 6.45) is 8.18. The van der Waals surface area contributed by atoms with E-state index in [9.17, 15) is 0 Å². The molecule has 2 aliphatic carbocycles. The van der Waals surface area contributed by atoms with Crippen molar-refractivity contribution in [3.8, 4) is 0 Å². The highest BCUT2D eigenvalue weighted by atomic mass is 79.9. The molecule has 2 aliphatic rings. The second-order valence-corrected chi connectivity index (χ2v) is 8.86. The number of hydrogen-bond donors (Lipinski definition) is 1. The first-order chi connectivity index (χ1) is 10.0. The van der Waals surface area contributed by atoms with Crippen LogP contribution in [0.15, 0.2) is 28.7 Å². The third-order valence-electron chi connectivity index (χ3n) is 5.31. The predicted molar refractivity (Wildman–Crippen MR) is 93.5 cm³/mol. The molecule has 0 saturated heterocycles. The Kier molecular flexibility index (Phi) is 4.75. The number of halogens is 1. The molecule has 0 aromatic heterocycles. The van der Waals surface area contributed by atoms with Gasteiger partial charge in [-0.25, -0.2) is 0 Å². The molecule has 21 heavy (non-hydrogen) atoms. The van der Waals surface area contributed by atoms with Gasteiger partial charge in [0.25, 0.3) is 0 Å². The van der Waals surface area contributed by atoms with Crippen molar-refractivity contribution in [3.63, 3.8) is 0 Å². The molecule has 2 heteroatoms. The van der Waals surface area contributed by atoms with Crippen molar-refractivity contribution in [1.29, 1.82) is 0 Å². The molecule has 1 N–H and O–H groups in total. The topological polar surface area (TPSA) is 12.0 Å². The molecular formula is C19H28BrN. The molecule has 3 rings (SSSR count). The van der Waals surface area contributed by atoms with Gasteiger partial charge in [-0.1, -0.05) is 41.9 Å². The number of rotatable bonds is 5. The fourth-order valence-electron chi connectivity index (χ4n) is 3.87. The highest BCUT2D eigenvalue weighted by Gasteiger charge is 2.35. The van der Waals surface area contributed by atoms with Crippen molar-refractivity contribution >= 4 is 15.9 Å². The summed E-state index contributed by atoms with van der Waals surface area (Å²) in [6, 6.07) is 9.72. The van der Waals surface area contributed by atoms with E-state index in [2.05, 4.69) is 59.4 Å². The molecular weight excluding hydrogens is 322 g/mol. The van der Waals surface area contributed by atoms with Crippen LogP contribution in [0.4, 0.5) is 0 Å². The van der Waals surface area contributed by atoms with Gasteiger partial charge in [-0.2, -0.15) is 0 Å². The molecule has 2 atom stereocenters. The quantitative estimate of drug-likeness (QED) is 0.771. The molecule has 1 aromatic carbocycles. The summed E-state index contributed by atoms with van der Waals surface area (Å²) in [6.45, 7) is 6.14. The van der Waals surface area contributed by atoms with E-state index >= 15 is 0 Å². The lowest BCUT2D eigenvalue weighted by Crippen LogP contribution is -2.37. The molecule has 0 amide bonds. The average molecular weight is 350 g/mol. The van der Waals surface area contributed by atoms with Crippen LogP contribution in [-0.2, 0) is 6.42 Å². The van der Waals surface area contributed by atoms with Gasteiger partial charge in [-0.15, -0.1) is 0 Å². The molecule has 0 bridgehead atoms. The normalized spacial score (nSPS) is 28.5. The van der Waals surface area contributed by atoms with Gasteiger partial charge in [0.15, 0.2) is 0 Å². The smallest absolute Gasteiger partial charge is 0.0177 e. The lowest BCUT2D eigenvalue weighted by molar-refractivity contribution is 0.115. The van der Waals surface area contributed by atoms with Crippen LogP contribution in [0.3, 0.4) is 0 Å². The standard InChI is InChI=1S/C19H28BrN/c1-19(2)9-8-15(13-21-18-6-7-18)16(12-19)10-14-4-3-5-17(20)11-14/h3-5,11,15-16,18,21H,6-10,12-13H2,1-2H3. The van der Waals surface area contributed by atoms with Gasteiger partial charge < -0.3 is 5.32 Å². The highest BCUT2D eigenvalue weighted by Crippen LogP contribution is 2.43. The number of hydrogen-bond acceptors (Lipinski definition) is 1. The first-order valence-electron chi connectivity index (χ1n) is 8.50. The second kappa shape index (κ2) is 6.42. The van der Waals surface area contributed by atoms with Crippen LogP contribution < -0.4 is 5.32 Å². The predicted octanol–water partition coefficient (Wildman–Crippen LogP) is 5.19. The van der Waals surface area contributed by atoms with E-state index in [-0.39, 0.29) is 0 Å². The Balaban J connectivity index is 1.66. The Bertz CT molecular complexity index is 476. The van der Waals surface area contributed by atoms with Gasteiger partial charge in [-0.05, 0) is 80.0 Å². The summed E-state index contributed by atoms with van der Waals surface area (Å²) in [4.78, 5) is 0. The minimum Gasteiger partial charge on any atom is -0.314 e. The summed E-state index contributed by atoms with van der Waals surface area (Å²) < 4.78 is 1.21. The van der Waals surface area contributed by atoms with Crippen LogP contribution in [-0.4, -0.2) is 12.6 Å². The van der Waals surface area contributed by atoms with E-state index in [4.69, 9.17) is 0 Å². The van der Waals surface area contributed by atoms with Crippen LogP contribution in [0.1, 0.15) is 51.5 Å². The van der Waals surface area contributed by atoms with Crippen LogP contribution in [0.2, 0.25) is 0 Å². The van der Waals surface area contributed by atoms with Gasteiger partial charge >= 0.3 is 0 Å². The fourth-order valence-corrected chi connectivity index (χ4v) is 4.32. The summed E-state index contributed by atoms with van der Waals surface area (Å²) in [5.74, 6) is 1.69. The minimum atomic E-state index is 0.521. The maximum atomic E-state index is 3.77. The fraction of sp³-hybridized carbons (Fsp3) is 0.684. The molecule has 0 aliphatic heterocycles. The molecule has 0 spiro atoms. The molecule has 1 nitrogen and oxygen atoms in total. The number of benzene rings is 1. The maximum absolute atomic E-state index is 3.77.